The van der Waals surface area contributed by atoms with Crippen molar-refractivity contribution >= 4 is 5.91 Å². The lowest BCUT2D eigenvalue weighted by Crippen LogP contribution is -2.28. The van der Waals surface area contributed by atoms with E-state index in [0.717, 1.165) is 11.3 Å². The van der Waals surface area contributed by atoms with E-state index >= 15 is 0 Å². The second-order valence-electron chi connectivity index (χ2n) is 5.69. The van der Waals surface area contributed by atoms with E-state index in [1.807, 2.05) is 19.9 Å². The molecule has 0 fully saturated rings. The van der Waals surface area contributed by atoms with Crippen LogP contribution in [0.1, 0.15) is 28.8 Å². The summed E-state index contributed by atoms with van der Waals surface area (Å²) in [5.41, 5.74) is 2.70. The lowest BCUT2D eigenvalue weighted by Gasteiger charge is -2.09. The molecule has 0 unspecified atom stereocenters. The zero-order valence-electron chi connectivity index (χ0n) is 14.0. The average Bonchev–Trinajstić information content (AvgIpc) is 2.52. The maximum Gasteiger partial charge on any atom is 0.253 e. The molecule has 0 aliphatic heterocycles. The van der Waals surface area contributed by atoms with Crippen molar-refractivity contribution in [3.8, 4) is 5.75 Å². The molecule has 0 aliphatic rings. The maximum atomic E-state index is 13.6. The van der Waals surface area contributed by atoms with Crippen molar-refractivity contribution in [3.05, 3.63) is 62.8 Å². The number of carbonyl (C=O) groups is 1. The number of methoxy groups -OCH3 is 1. The third-order valence-electron chi connectivity index (χ3n) is 3.81. The Bertz CT molecular complexity index is 799. The molecular weight excluding hydrogens is 311 g/mol. The molecule has 0 spiro atoms. The smallest absolute Gasteiger partial charge is 0.253 e. The predicted molar refractivity (Wildman–Crippen MR) is 89.7 cm³/mol. The van der Waals surface area contributed by atoms with Gasteiger partial charge in [-0.05, 0) is 49.6 Å². The number of carbonyl (C=O) groups excluding carboxylic acids is 1. The van der Waals surface area contributed by atoms with E-state index in [0.29, 0.717) is 17.5 Å². The van der Waals surface area contributed by atoms with Crippen molar-refractivity contribution in [3.63, 3.8) is 0 Å². The minimum Gasteiger partial charge on any atom is -0.494 e. The summed E-state index contributed by atoms with van der Waals surface area (Å²) in [6.45, 7) is 3.83. The average molecular weight is 332 g/mol. The highest BCUT2D eigenvalue weighted by Crippen LogP contribution is 2.18. The van der Waals surface area contributed by atoms with Crippen LogP contribution in [0.2, 0.25) is 0 Å². The third kappa shape index (κ3) is 4.44. The molecule has 128 valence electrons. The number of rotatable bonds is 6. The quantitative estimate of drug-likeness (QED) is 0.853. The number of halogens is 1. The molecule has 1 heterocycles. The summed E-state index contributed by atoms with van der Waals surface area (Å²) in [5.74, 6) is -0.458. The van der Waals surface area contributed by atoms with Gasteiger partial charge >= 0.3 is 0 Å². The van der Waals surface area contributed by atoms with Crippen LogP contribution in [0.4, 0.5) is 4.39 Å². The molecule has 5 nitrogen and oxygen atoms in total. The number of H-pyrrole nitrogens is 1. The van der Waals surface area contributed by atoms with Gasteiger partial charge in [-0.25, -0.2) is 4.39 Å². The second-order valence-corrected chi connectivity index (χ2v) is 5.69. The number of ether oxygens (including phenoxy) is 1. The molecular formula is C18H21FN2O3. The lowest BCUT2D eigenvalue weighted by atomic mass is 10.1. The predicted octanol–water partition coefficient (Wildman–Crippen LogP) is 2.39. The molecule has 2 aromatic rings. The molecule has 1 aromatic heterocycles. The number of aromatic amines is 1. The number of pyridine rings is 1. The van der Waals surface area contributed by atoms with Crippen molar-refractivity contribution in [2.75, 3.05) is 7.11 Å². The first kappa shape index (κ1) is 17.7. The van der Waals surface area contributed by atoms with Gasteiger partial charge in [0.05, 0.1) is 7.11 Å². The molecule has 1 aromatic carbocycles. The van der Waals surface area contributed by atoms with Crippen LogP contribution < -0.4 is 15.6 Å². The second kappa shape index (κ2) is 7.77. The fourth-order valence-corrected chi connectivity index (χ4v) is 2.50. The van der Waals surface area contributed by atoms with Crippen LogP contribution >= 0.6 is 0 Å². The molecule has 0 atom stereocenters. The highest BCUT2D eigenvalue weighted by atomic mass is 19.1. The van der Waals surface area contributed by atoms with Crippen molar-refractivity contribution in [2.45, 2.75) is 33.2 Å². The van der Waals surface area contributed by atoms with Crippen molar-refractivity contribution in [1.29, 1.82) is 0 Å². The molecule has 0 saturated heterocycles. The van der Waals surface area contributed by atoms with E-state index in [-0.39, 0.29) is 30.2 Å². The first-order valence-corrected chi connectivity index (χ1v) is 7.69. The number of benzene rings is 1. The first-order valence-electron chi connectivity index (χ1n) is 7.69. The van der Waals surface area contributed by atoms with Crippen LogP contribution in [0.3, 0.4) is 0 Å². The standard InChI is InChI=1S/C18H21FN2O3/c1-11-8-12(2)21-18(23)14(11)10-20-17(22)7-5-13-4-6-16(24-3)15(19)9-13/h4,6,8-9H,5,7,10H2,1-3H3,(H,20,22)(H,21,23). The van der Waals surface area contributed by atoms with Gasteiger partial charge in [-0.2, -0.15) is 0 Å². The third-order valence-corrected chi connectivity index (χ3v) is 3.81. The topological polar surface area (TPSA) is 71.2 Å². The van der Waals surface area contributed by atoms with E-state index < -0.39 is 5.82 Å². The summed E-state index contributed by atoms with van der Waals surface area (Å²) >= 11 is 0. The van der Waals surface area contributed by atoms with E-state index in [4.69, 9.17) is 4.74 Å². The molecule has 6 heteroatoms. The molecule has 2 N–H and O–H groups in total. The van der Waals surface area contributed by atoms with Gasteiger partial charge in [0, 0.05) is 24.2 Å². The Morgan fingerprint density at radius 3 is 2.67 bits per heavy atom. The lowest BCUT2D eigenvalue weighted by molar-refractivity contribution is -0.121. The van der Waals surface area contributed by atoms with Gasteiger partial charge in [0.1, 0.15) is 0 Å². The van der Waals surface area contributed by atoms with Crippen LogP contribution in [-0.2, 0) is 17.8 Å². The van der Waals surface area contributed by atoms with Crippen LogP contribution in [0.5, 0.6) is 5.75 Å². The largest absolute Gasteiger partial charge is 0.494 e. The number of aryl methyl sites for hydroxylation is 3. The highest BCUT2D eigenvalue weighted by Gasteiger charge is 2.09. The fourth-order valence-electron chi connectivity index (χ4n) is 2.50. The number of hydrogen-bond donors (Lipinski definition) is 2. The Labute approximate surface area is 139 Å². The summed E-state index contributed by atoms with van der Waals surface area (Å²) in [5, 5.41) is 2.73. The monoisotopic (exact) mass is 332 g/mol. The molecule has 1 amide bonds. The first-order chi connectivity index (χ1) is 11.4. The Kier molecular flexibility index (Phi) is 5.73. The number of amides is 1. The Hall–Kier alpha value is -2.63. The summed E-state index contributed by atoms with van der Waals surface area (Å²) in [6.07, 6.45) is 0.630. The van der Waals surface area contributed by atoms with Gasteiger partial charge < -0.3 is 15.0 Å². The van der Waals surface area contributed by atoms with Gasteiger partial charge in [-0.3, -0.25) is 9.59 Å². The maximum absolute atomic E-state index is 13.6. The van der Waals surface area contributed by atoms with Crippen LogP contribution in [-0.4, -0.2) is 18.0 Å². The number of aromatic nitrogens is 1. The van der Waals surface area contributed by atoms with Gasteiger partial charge in [-0.1, -0.05) is 6.07 Å². The molecule has 24 heavy (non-hydrogen) atoms. The number of nitrogens with one attached hydrogen (secondary N) is 2. The van der Waals surface area contributed by atoms with Gasteiger partial charge in [0.2, 0.25) is 5.91 Å². The SMILES string of the molecule is COc1ccc(CCC(=O)NCc2c(C)cc(C)[nH]c2=O)cc1F. The van der Waals surface area contributed by atoms with Gasteiger partial charge in [0.15, 0.2) is 11.6 Å². The van der Waals surface area contributed by atoms with E-state index in [1.54, 1.807) is 6.07 Å². The van der Waals surface area contributed by atoms with Crippen LogP contribution in [0.15, 0.2) is 29.1 Å². The zero-order chi connectivity index (χ0) is 17.7. The normalized spacial score (nSPS) is 10.5. The van der Waals surface area contributed by atoms with Crippen molar-refractivity contribution < 1.29 is 13.9 Å². The van der Waals surface area contributed by atoms with E-state index in [9.17, 15) is 14.0 Å². The van der Waals surface area contributed by atoms with E-state index in [2.05, 4.69) is 10.3 Å². The fraction of sp³-hybridized carbons (Fsp3) is 0.333. The Balaban J connectivity index is 1.90. The summed E-state index contributed by atoms with van der Waals surface area (Å²) in [7, 11) is 1.40. The van der Waals surface area contributed by atoms with Crippen LogP contribution in [0, 0.1) is 19.7 Å². The molecule has 2 rings (SSSR count). The highest BCUT2D eigenvalue weighted by molar-refractivity contribution is 5.76. The van der Waals surface area contributed by atoms with Crippen molar-refractivity contribution in [2.24, 2.45) is 0 Å². The summed E-state index contributed by atoms with van der Waals surface area (Å²) in [4.78, 5) is 26.6. The van der Waals surface area contributed by atoms with Gasteiger partial charge in [-0.15, -0.1) is 0 Å². The Morgan fingerprint density at radius 2 is 2.04 bits per heavy atom. The van der Waals surface area contributed by atoms with E-state index in [1.165, 1.54) is 19.2 Å². The summed E-state index contributed by atoms with van der Waals surface area (Å²) in [6, 6.07) is 6.49. The summed E-state index contributed by atoms with van der Waals surface area (Å²) < 4.78 is 18.5. The van der Waals surface area contributed by atoms with Crippen molar-refractivity contribution in [1.82, 2.24) is 10.3 Å². The minimum absolute atomic E-state index is 0.178. The number of hydrogen-bond acceptors (Lipinski definition) is 3. The van der Waals surface area contributed by atoms with Gasteiger partial charge in [0.25, 0.3) is 5.56 Å². The van der Waals surface area contributed by atoms with Crippen LogP contribution in [0.25, 0.3) is 0 Å². The zero-order valence-corrected chi connectivity index (χ0v) is 14.0. The molecule has 0 bridgehead atoms. The minimum atomic E-state index is -0.447. The molecule has 0 radical (unpaired) electrons. The molecule has 0 saturated carbocycles. The molecule has 0 aliphatic carbocycles. The Morgan fingerprint density at radius 1 is 1.29 bits per heavy atom.